The van der Waals surface area contributed by atoms with Gasteiger partial charge in [-0.1, -0.05) is 37.6 Å². The van der Waals surface area contributed by atoms with Gasteiger partial charge in [0.25, 0.3) is 0 Å². The molecule has 1 heterocycles. The summed E-state index contributed by atoms with van der Waals surface area (Å²) in [7, 11) is 3.27. The first-order valence-electron chi connectivity index (χ1n) is 9.30. The zero-order valence-electron chi connectivity index (χ0n) is 17.0. The topological polar surface area (TPSA) is 82.3 Å². The fourth-order valence-electron chi connectivity index (χ4n) is 3.13. The number of nitrogen functional groups attached to an aromatic ring is 1. The number of methoxy groups -OCH3 is 2. The van der Waals surface area contributed by atoms with Gasteiger partial charge in [0, 0.05) is 18.2 Å². The number of para-hydroxylation sites is 1. The van der Waals surface area contributed by atoms with Crippen molar-refractivity contribution in [1.82, 2.24) is 9.97 Å². The molecule has 0 unspecified atom stereocenters. The summed E-state index contributed by atoms with van der Waals surface area (Å²) < 4.78 is 10.9. The van der Waals surface area contributed by atoms with Crippen LogP contribution in [0.25, 0.3) is 0 Å². The second-order valence-electron chi connectivity index (χ2n) is 6.95. The minimum Gasteiger partial charge on any atom is -0.493 e. The highest BCUT2D eigenvalue weighted by molar-refractivity contribution is 6.33. The van der Waals surface area contributed by atoms with Crippen LogP contribution in [0.2, 0.25) is 5.02 Å². The van der Waals surface area contributed by atoms with Gasteiger partial charge in [-0.25, -0.2) is 4.98 Å². The predicted molar refractivity (Wildman–Crippen MR) is 118 cm³/mol. The maximum absolute atomic E-state index is 6.23. The monoisotopic (exact) mass is 412 g/mol. The van der Waals surface area contributed by atoms with Crippen molar-refractivity contribution in [2.75, 3.05) is 25.3 Å². The molecular weight excluding hydrogens is 388 g/mol. The van der Waals surface area contributed by atoms with Crippen molar-refractivity contribution in [2.45, 2.75) is 26.2 Å². The lowest BCUT2D eigenvalue weighted by Crippen LogP contribution is -2.07. The molecule has 3 aromatic rings. The van der Waals surface area contributed by atoms with Crippen LogP contribution in [0.5, 0.6) is 11.5 Å². The third-order valence-corrected chi connectivity index (χ3v) is 5.00. The Kier molecular flexibility index (Phi) is 6.44. The Morgan fingerprint density at radius 3 is 2.38 bits per heavy atom. The number of ether oxygens (including phenoxy) is 2. The summed E-state index contributed by atoms with van der Waals surface area (Å²) in [6, 6.07) is 11.4. The summed E-state index contributed by atoms with van der Waals surface area (Å²) in [4.78, 5) is 8.80. The maximum Gasteiger partial charge on any atom is 0.229 e. The number of nitrogens with one attached hydrogen (secondary N) is 1. The number of benzene rings is 2. The normalized spacial score (nSPS) is 10.8. The number of hydrogen-bond acceptors (Lipinski definition) is 6. The second kappa shape index (κ2) is 9.01. The van der Waals surface area contributed by atoms with Crippen LogP contribution in [-0.2, 0) is 6.42 Å². The Balaban J connectivity index is 1.90. The molecule has 0 aliphatic rings. The zero-order valence-corrected chi connectivity index (χ0v) is 17.7. The summed E-state index contributed by atoms with van der Waals surface area (Å²) in [6.07, 6.45) is 2.33. The van der Waals surface area contributed by atoms with Gasteiger partial charge in [-0.05, 0) is 41.3 Å². The van der Waals surface area contributed by atoms with E-state index in [0.29, 0.717) is 40.6 Å². The molecule has 0 aliphatic heterocycles. The Hall–Kier alpha value is -2.99. The Morgan fingerprint density at radius 2 is 1.76 bits per heavy atom. The van der Waals surface area contributed by atoms with Gasteiger partial charge in [0.1, 0.15) is 5.82 Å². The van der Waals surface area contributed by atoms with Crippen molar-refractivity contribution in [3.8, 4) is 11.5 Å². The molecule has 0 fully saturated rings. The van der Waals surface area contributed by atoms with Crippen molar-refractivity contribution < 1.29 is 9.47 Å². The molecule has 0 spiro atoms. The van der Waals surface area contributed by atoms with Crippen molar-refractivity contribution >= 4 is 29.1 Å². The van der Waals surface area contributed by atoms with Crippen molar-refractivity contribution in [1.29, 1.82) is 0 Å². The first-order chi connectivity index (χ1) is 13.9. The summed E-state index contributed by atoms with van der Waals surface area (Å²) in [5.74, 6) is 2.52. The Labute approximate surface area is 176 Å². The van der Waals surface area contributed by atoms with Crippen LogP contribution in [0.4, 0.5) is 17.5 Å². The third-order valence-electron chi connectivity index (χ3n) is 4.67. The maximum atomic E-state index is 6.23. The van der Waals surface area contributed by atoms with Gasteiger partial charge in [0.05, 0.1) is 24.9 Å². The van der Waals surface area contributed by atoms with Crippen molar-refractivity contribution in [3.63, 3.8) is 0 Å². The van der Waals surface area contributed by atoms with Gasteiger partial charge in [-0.15, -0.1) is 0 Å². The smallest absolute Gasteiger partial charge is 0.229 e. The molecule has 3 N–H and O–H groups in total. The molecule has 6 nitrogen and oxygen atoms in total. The van der Waals surface area contributed by atoms with E-state index in [1.807, 2.05) is 30.3 Å². The highest BCUT2D eigenvalue weighted by Gasteiger charge is 2.16. The van der Waals surface area contributed by atoms with E-state index >= 15 is 0 Å². The van der Waals surface area contributed by atoms with E-state index in [4.69, 9.17) is 26.8 Å². The van der Waals surface area contributed by atoms with Crippen LogP contribution >= 0.6 is 11.6 Å². The molecule has 3 rings (SSSR count). The van der Waals surface area contributed by atoms with Crippen LogP contribution in [0.15, 0.2) is 42.6 Å². The molecule has 1 aromatic heterocycles. The van der Waals surface area contributed by atoms with E-state index in [1.54, 1.807) is 26.5 Å². The number of nitrogens with zero attached hydrogens (tertiary/aromatic N) is 2. The van der Waals surface area contributed by atoms with Crippen LogP contribution < -0.4 is 20.5 Å². The van der Waals surface area contributed by atoms with Gasteiger partial charge >= 0.3 is 0 Å². The summed E-state index contributed by atoms with van der Waals surface area (Å²) >= 11 is 6.18. The van der Waals surface area contributed by atoms with Gasteiger partial charge in [-0.3, -0.25) is 0 Å². The minimum atomic E-state index is 0.313. The summed E-state index contributed by atoms with van der Waals surface area (Å²) in [6.45, 7) is 4.28. The van der Waals surface area contributed by atoms with Crippen LogP contribution in [0.3, 0.4) is 0 Å². The van der Waals surface area contributed by atoms with E-state index in [2.05, 4.69) is 29.1 Å². The lowest BCUT2D eigenvalue weighted by molar-refractivity contribution is 0.354. The highest BCUT2D eigenvalue weighted by Crippen LogP contribution is 2.35. The first-order valence-corrected chi connectivity index (χ1v) is 9.68. The number of nitrogens with two attached hydrogens (primary N) is 1. The van der Waals surface area contributed by atoms with Gasteiger partial charge < -0.3 is 20.5 Å². The van der Waals surface area contributed by atoms with E-state index < -0.39 is 0 Å². The van der Waals surface area contributed by atoms with E-state index in [1.165, 1.54) is 5.56 Å². The van der Waals surface area contributed by atoms with Crippen molar-refractivity contribution in [3.05, 3.63) is 64.3 Å². The molecule has 0 saturated carbocycles. The molecule has 0 radical (unpaired) electrons. The third kappa shape index (κ3) is 4.71. The number of halogens is 1. The Bertz CT molecular complexity index is 1010. The number of rotatable bonds is 7. The molecule has 0 amide bonds. The number of aromatic nitrogens is 2. The van der Waals surface area contributed by atoms with Crippen molar-refractivity contribution in [2.24, 2.45) is 0 Å². The number of anilines is 3. The lowest BCUT2D eigenvalue weighted by atomic mass is 9.92. The molecule has 7 heteroatoms. The average Bonchev–Trinajstić information content (AvgIpc) is 2.71. The average molecular weight is 413 g/mol. The van der Waals surface area contributed by atoms with Gasteiger partial charge in [0.15, 0.2) is 11.5 Å². The minimum absolute atomic E-state index is 0.313. The standard InChI is InChI=1S/C22H25ClN4O2/c1-13(2)16-11-20(29-4)19(28-3)10-14(16)9-15-12-25-22(27-21(15)24)26-18-8-6-5-7-17(18)23/h5-8,10-13H,9H2,1-4H3,(H3,24,25,26,27). The fourth-order valence-corrected chi connectivity index (χ4v) is 3.31. The summed E-state index contributed by atoms with van der Waals surface area (Å²) in [5.41, 5.74) is 10.1. The molecule has 0 bridgehead atoms. The largest absolute Gasteiger partial charge is 0.493 e. The Morgan fingerprint density at radius 1 is 1.07 bits per heavy atom. The van der Waals surface area contributed by atoms with Crippen LogP contribution in [0.1, 0.15) is 36.5 Å². The molecule has 0 atom stereocenters. The van der Waals surface area contributed by atoms with Gasteiger partial charge in [0.2, 0.25) is 5.95 Å². The lowest BCUT2D eigenvalue weighted by Gasteiger charge is -2.18. The van der Waals surface area contributed by atoms with E-state index in [9.17, 15) is 0 Å². The van der Waals surface area contributed by atoms with Gasteiger partial charge in [-0.2, -0.15) is 4.98 Å². The molecule has 152 valence electrons. The first kappa shape index (κ1) is 20.7. The van der Waals surface area contributed by atoms with Crippen LogP contribution in [-0.4, -0.2) is 24.2 Å². The number of hydrogen-bond donors (Lipinski definition) is 2. The molecular formula is C22H25ClN4O2. The molecule has 2 aromatic carbocycles. The molecule has 29 heavy (non-hydrogen) atoms. The second-order valence-corrected chi connectivity index (χ2v) is 7.35. The predicted octanol–water partition coefficient (Wildman–Crippen LogP) is 5.19. The fraction of sp³-hybridized carbons (Fsp3) is 0.273. The highest BCUT2D eigenvalue weighted by atomic mass is 35.5. The summed E-state index contributed by atoms with van der Waals surface area (Å²) in [5, 5.41) is 3.68. The SMILES string of the molecule is COc1cc(Cc2cnc(Nc3ccccc3Cl)nc2N)c(C(C)C)cc1OC. The van der Waals surface area contributed by atoms with E-state index in [0.717, 1.165) is 16.8 Å². The molecule has 0 aliphatic carbocycles. The zero-order chi connectivity index (χ0) is 21.0. The quantitative estimate of drug-likeness (QED) is 0.555. The van der Waals surface area contributed by atoms with E-state index in [-0.39, 0.29) is 0 Å². The molecule has 0 saturated heterocycles. The van der Waals surface area contributed by atoms with Crippen LogP contribution in [0, 0.1) is 0 Å².